The number of carbonyl (C=O) groups is 4. The highest BCUT2D eigenvalue weighted by molar-refractivity contribution is 6.31. The molecule has 0 bridgehead atoms. The molecule has 2 rings (SSSR count). The molecule has 0 unspecified atom stereocenters. The predicted molar refractivity (Wildman–Crippen MR) is 155 cm³/mol. The number of hydrogen-bond donors (Lipinski definition) is 3. The van der Waals surface area contributed by atoms with Crippen LogP contribution >= 0.6 is 11.6 Å². The number of alkyl halides is 5. The topological polar surface area (TPSA) is 123 Å². The molecule has 15 heteroatoms. The minimum Gasteiger partial charge on any atom is -0.497 e. The van der Waals surface area contributed by atoms with Gasteiger partial charge in [0.2, 0.25) is 11.8 Å². The lowest BCUT2D eigenvalue weighted by atomic mass is 9.97. The van der Waals surface area contributed by atoms with Gasteiger partial charge in [-0.3, -0.25) is 19.2 Å². The fourth-order valence-electron chi connectivity index (χ4n) is 3.89. The standard InChI is InChI=1S/C30H35ClF5N3O6/c1-16(2)22(24(40)30(34,35)36)38-26(42)23(17-11-13-18(44-6)14-12-17)39-25(41)21(15-45-28(3,4)5)37-27(43)29(32,33)19-9-7-8-10-20(19)31/h7-14,16,21-23H,15H2,1-6H3,(H,37,43)(H,38,42)(H,39,41)/t21-,22+,23+/m1/s1. The first-order chi connectivity index (χ1) is 20.7. The molecule has 0 aliphatic carbocycles. The molecule has 0 aliphatic heterocycles. The first-order valence-corrected chi connectivity index (χ1v) is 14.0. The van der Waals surface area contributed by atoms with Gasteiger partial charge in [0.1, 0.15) is 17.8 Å². The monoisotopic (exact) mass is 663 g/mol. The molecular formula is C30H35ClF5N3O6. The van der Waals surface area contributed by atoms with Crippen molar-refractivity contribution in [2.75, 3.05) is 13.7 Å². The van der Waals surface area contributed by atoms with Crippen molar-refractivity contribution >= 4 is 35.1 Å². The molecule has 0 radical (unpaired) electrons. The van der Waals surface area contributed by atoms with Crippen LogP contribution in [0, 0.1) is 5.92 Å². The number of halogens is 6. The van der Waals surface area contributed by atoms with Gasteiger partial charge in [0.05, 0.1) is 30.4 Å². The van der Waals surface area contributed by atoms with Crippen molar-refractivity contribution in [3.63, 3.8) is 0 Å². The molecule has 248 valence electrons. The van der Waals surface area contributed by atoms with E-state index >= 15 is 8.78 Å². The third-order valence-electron chi connectivity index (χ3n) is 6.33. The highest BCUT2D eigenvalue weighted by Gasteiger charge is 2.46. The Kier molecular flexibility index (Phi) is 12.5. The molecule has 3 atom stereocenters. The van der Waals surface area contributed by atoms with Gasteiger partial charge in [-0.2, -0.15) is 22.0 Å². The second-order valence-corrected chi connectivity index (χ2v) is 11.7. The molecule has 0 fully saturated rings. The molecule has 2 aromatic rings. The van der Waals surface area contributed by atoms with Gasteiger partial charge in [0.15, 0.2) is 0 Å². The lowest BCUT2D eigenvalue weighted by Crippen LogP contribution is -2.57. The van der Waals surface area contributed by atoms with E-state index in [1.807, 2.05) is 10.6 Å². The highest BCUT2D eigenvalue weighted by atomic mass is 35.5. The zero-order chi connectivity index (χ0) is 34.3. The number of hydrogen-bond acceptors (Lipinski definition) is 6. The Morgan fingerprint density at radius 3 is 1.91 bits per heavy atom. The summed E-state index contributed by atoms with van der Waals surface area (Å²) in [6, 6.07) is 4.56. The van der Waals surface area contributed by atoms with Gasteiger partial charge in [0, 0.05) is 5.56 Å². The van der Waals surface area contributed by atoms with Crippen LogP contribution in [0.5, 0.6) is 5.75 Å². The van der Waals surface area contributed by atoms with Crippen LogP contribution in [0.25, 0.3) is 0 Å². The highest BCUT2D eigenvalue weighted by Crippen LogP contribution is 2.33. The van der Waals surface area contributed by atoms with E-state index in [4.69, 9.17) is 21.1 Å². The molecule has 0 aromatic heterocycles. The van der Waals surface area contributed by atoms with Crippen molar-refractivity contribution in [2.45, 2.75) is 70.4 Å². The Hall–Kier alpha value is -3.78. The van der Waals surface area contributed by atoms with Crippen LogP contribution in [0.2, 0.25) is 5.02 Å². The van der Waals surface area contributed by atoms with Crippen LogP contribution in [0.3, 0.4) is 0 Å². The van der Waals surface area contributed by atoms with E-state index in [0.29, 0.717) is 5.75 Å². The van der Waals surface area contributed by atoms with E-state index in [1.165, 1.54) is 57.4 Å². The van der Waals surface area contributed by atoms with Crippen molar-refractivity contribution in [3.05, 3.63) is 64.7 Å². The molecule has 45 heavy (non-hydrogen) atoms. The van der Waals surface area contributed by atoms with Crippen LogP contribution in [0.15, 0.2) is 48.5 Å². The van der Waals surface area contributed by atoms with E-state index in [0.717, 1.165) is 12.1 Å². The minimum absolute atomic E-state index is 0.0341. The van der Waals surface area contributed by atoms with Crippen LogP contribution in [0.1, 0.15) is 51.8 Å². The summed E-state index contributed by atoms with van der Waals surface area (Å²) in [5.74, 6) is -11.4. The molecule has 3 N–H and O–H groups in total. The zero-order valence-corrected chi connectivity index (χ0v) is 26.1. The lowest BCUT2D eigenvalue weighted by Gasteiger charge is -2.29. The Labute approximate surface area is 262 Å². The Bertz CT molecular complexity index is 1360. The second kappa shape index (κ2) is 15.0. The fraction of sp³-hybridized carbons (Fsp3) is 0.467. The van der Waals surface area contributed by atoms with Gasteiger partial charge in [-0.1, -0.05) is 55.8 Å². The van der Waals surface area contributed by atoms with Gasteiger partial charge in [-0.25, -0.2) is 0 Å². The van der Waals surface area contributed by atoms with Crippen LogP contribution in [0.4, 0.5) is 22.0 Å². The maximum absolute atomic E-state index is 15.2. The number of benzene rings is 2. The van der Waals surface area contributed by atoms with Crippen molar-refractivity contribution < 1.29 is 50.6 Å². The first-order valence-electron chi connectivity index (χ1n) is 13.6. The summed E-state index contributed by atoms with van der Waals surface area (Å²) < 4.78 is 80.8. The van der Waals surface area contributed by atoms with Crippen molar-refractivity contribution in [1.82, 2.24) is 16.0 Å². The summed E-state index contributed by atoms with van der Waals surface area (Å²) in [5.41, 5.74) is -1.71. The molecule has 3 amide bonds. The maximum Gasteiger partial charge on any atom is 0.452 e. The fourth-order valence-corrected chi connectivity index (χ4v) is 4.15. The molecule has 0 saturated carbocycles. The van der Waals surface area contributed by atoms with Gasteiger partial charge in [0.25, 0.3) is 11.7 Å². The molecule has 2 aromatic carbocycles. The predicted octanol–water partition coefficient (Wildman–Crippen LogP) is 4.87. The quantitative estimate of drug-likeness (QED) is 0.263. The number of rotatable bonds is 13. The molecule has 0 heterocycles. The lowest BCUT2D eigenvalue weighted by molar-refractivity contribution is -0.175. The minimum atomic E-state index is -5.27. The van der Waals surface area contributed by atoms with Crippen LogP contribution in [-0.2, 0) is 29.8 Å². The molecule has 0 spiro atoms. The molecule has 0 aliphatic rings. The number of methoxy groups -OCH3 is 1. The molecule has 9 nitrogen and oxygen atoms in total. The van der Waals surface area contributed by atoms with Crippen molar-refractivity contribution in [3.8, 4) is 5.75 Å². The number of nitrogens with one attached hydrogen (secondary N) is 3. The number of ether oxygens (including phenoxy) is 2. The zero-order valence-electron chi connectivity index (χ0n) is 25.4. The average Bonchev–Trinajstić information content (AvgIpc) is 2.95. The third-order valence-corrected chi connectivity index (χ3v) is 6.66. The third kappa shape index (κ3) is 10.4. The van der Waals surface area contributed by atoms with E-state index in [-0.39, 0.29) is 5.56 Å². The van der Waals surface area contributed by atoms with Crippen LogP contribution < -0.4 is 20.7 Å². The van der Waals surface area contributed by atoms with Crippen molar-refractivity contribution in [1.29, 1.82) is 0 Å². The molecular weight excluding hydrogens is 629 g/mol. The number of Topliss-reactive ketones (excluding diaryl/α,β-unsaturated/α-hetero) is 1. The largest absolute Gasteiger partial charge is 0.497 e. The normalized spacial score (nSPS) is 14.2. The number of amides is 3. The van der Waals surface area contributed by atoms with Gasteiger partial charge in [-0.15, -0.1) is 0 Å². The Morgan fingerprint density at radius 1 is 0.844 bits per heavy atom. The number of ketones is 1. The number of carbonyl (C=O) groups excluding carboxylic acids is 4. The summed E-state index contributed by atoms with van der Waals surface area (Å²) in [7, 11) is 1.36. The average molecular weight is 664 g/mol. The Morgan fingerprint density at radius 2 is 1.42 bits per heavy atom. The first kappa shape index (κ1) is 37.4. The van der Waals surface area contributed by atoms with Gasteiger partial charge >= 0.3 is 12.1 Å². The van der Waals surface area contributed by atoms with Crippen LogP contribution in [-0.4, -0.2) is 61.1 Å². The smallest absolute Gasteiger partial charge is 0.452 e. The summed E-state index contributed by atoms with van der Waals surface area (Å²) in [4.78, 5) is 51.8. The van der Waals surface area contributed by atoms with E-state index in [9.17, 15) is 32.3 Å². The summed E-state index contributed by atoms with van der Waals surface area (Å²) in [5, 5.41) is 5.84. The SMILES string of the molecule is COc1ccc([C@H](NC(=O)[C@@H](COC(C)(C)C)NC(=O)C(F)(F)c2ccccc2Cl)C(=O)N[C@H](C(=O)C(F)(F)F)C(C)C)cc1. The summed E-state index contributed by atoms with van der Waals surface area (Å²) >= 11 is 5.87. The van der Waals surface area contributed by atoms with Gasteiger partial charge < -0.3 is 25.4 Å². The van der Waals surface area contributed by atoms with E-state index in [1.54, 1.807) is 20.8 Å². The molecule has 0 saturated heterocycles. The maximum atomic E-state index is 15.2. The van der Waals surface area contributed by atoms with Gasteiger partial charge in [-0.05, 0) is 50.5 Å². The summed E-state index contributed by atoms with van der Waals surface area (Å²) in [6.07, 6.45) is -5.27. The van der Waals surface area contributed by atoms with Crippen molar-refractivity contribution in [2.24, 2.45) is 5.92 Å². The van der Waals surface area contributed by atoms with E-state index in [2.05, 4.69) is 5.32 Å². The Balaban J connectivity index is 2.47. The summed E-state index contributed by atoms with van der Waals surface area (Å²) in [6.45, 7) is 6.71. The second-order valence-electron chi connectivity index (χ2n) is 11.3. The van der Waals surface area contributed by atoms with E-state index < -0.39 is 82.4 Å².